The van der Waals surface area contributed by atoms with Crippen molar-refractivity contribution in [2.45, 2.75) is 70.5 Å². The van der Waals surface area contributed by atoms with E-state index in [4.69, 9.17) is 9.47 Å². The minimum Gasteiger partial charge on any atom is -0.490 e. The summed E-state index contributed by atoms with van der Waals surface area (Å²) in [7, 11) is 0. The molecule has 31 heavy (non-hydrogen) atoms. The van der Waals surface area contributed by atoms with Crippen molar-refractivity contribution < 1.29 is 31.8 Å². The molecule has 2 saturated carbocycles. The first-order valence-electron chi connectivity index (χ1n) is 11.2. The maximum atomic E-state index is 14.4. The fourth-order valence-corrected chi connectivity index (χ4v) is 4.30. The fourth-order valence-electron chi connectivity index (χ4n) is 4.30. The molecule has 0 heterocycles. The molecule has 0 spiro atoms. The highest BCUT2D eigenvalue weighted by Gasteiger charge is 2.36. The lowest BCUT2D eigenvalue weighted by molar-refractivity contribution is -0.223. The molecule has 2 aliphatic carbocycles. The van der Waals surface area contributed by atoms with Crippen molar-refractivity contribution in [3.63, 3.8) is 0 Å². The Bertz CT molecular complexity index is 724. The molecule has 0 unspecified atom stereocenters. The summed E-state index contributed by atoms with van der Waals surface area (Å²) in [5.41, 5.74) is 0. The summed E-state index contributed by atoms with van der Waals surface area (Å²) >= 11 is 0. The average molecular weight is 445 g/mol. The fraction of sp³-hybridized carbons (Fsp3) is 0.667. The van der Waals surface area contributed by atoms with E-state index in [0.717, 1.165) is 50.7 Å². The molecule has 0 aromatic heterocycles. The molecule has 1 aromatic rings. The molecule has 0 amide bonds. The Labute approximate surface area is 181 Å². The second-order valence-corrected chi connectivity index (χ2v) is 8.95. The Morgan fingerprint density at radius 3 is 2.23 bits per heavy atom. The molecule has 0 atom stereocenters. The number of benzene rings is 1. The van der Waals surface area contributed by atoms with E-state index in [1.54, 1.807) is 0 Å². The molecule has 0 N–H and O–H groups in total. The Balaban J connectivity index is 1.51. The smallest absolute Gasteiger partial charge is 0.422 e. The normalized spacial score (nSPS) is 27.0. The Morgan fingerprint density at radius 1 is 0.968 bits per heavy atom. The SMILES string of the molecule is C=CC1CCC(COc2ccc(OC(F)(F)COC3CCC(C)CC3)c(F)c2F)CC1. The van der Waals surface area contributed by atoms with Gasteiger partial charge >= 0.3 is 6.11 Å². The zero-order chi connectivity index (χ0) is 22.4. The molecular formula is C24H32F4O3. The second-order valence-electron chi connectivity index (χ2n) is 8.95. The number of halogens is 4. The standard InChI is InChI=1S/C24H32F4O3/c1-3-17-6-8-18(9-7-17)14-29-20-12-13-21(23(26)22(20)25)31-24(27,28)15-30-19-10-4-16(2)5-11-19/h3,12-13,16-19H,1,4-11,14-15H2,2H3. The van der Waals surface area contributed by atoms with Crippen LogP contribution in [0.4, 0.5) is 17.6 Å². The third-order valence-corrected chi connectivity index (χ3v) is 6.42. The summed E-state index contributed by atoms with van der Waals surface area (Å²) in [4.78, 5) is 0. The van der Waals surface area contributed by atoms with Crippen molar-refractivity contribution in [2.75, 3.05) is 13.2 Å². The highest BCUT2D eigenvalue weighted by Crippen LogP contribution is 2.34. The molecule has 1 aromatic carbocycles. The average Bonchev–Trinajstić information content (AvgIpc) is 2.76. The third kappa shape index (κ3) is 6.86. The summed E-state index contributed by atoms with van der Waals surface area (Å²) in [5, 5.41) is 0. The number of allylic oxidation sites excluding steroid dienone is 1. The maximum Gasteiger partial charge on any atom is 0.422 e. The summed E-state index contributed by atoms with van der Waals surface area (Å²) in [6.07, 6.45) is 5.04. The molecule has 3 rings (SSSR count). The first-order valence-corrected chi connectivity index (χ1v) is 11.2. The highest BCUT2D eigenvalue weighted by atomic mass is 19.3. The molecule has 0 saturated heterocycles. The van der Waals surface area contributed by atoms with Crippen LogP contribution in [0.2, 0.25) is 0 Å². The van der Waals surface area contributed by atoms with Gasteiger partial charge in [-0.2, -0.15) is 17.6 Å². The summed E-state index contributed by atoms with van der Waals surface area (Å²) in [6.45, 7) is 5.17. The quantitative estimate of drug-likeness (QED) is 0.306. The zero-order valence-corrected chi connectivity index (χ0v) is 18.1. The van der Waals surface area contributed by atoms with E-state index in [2.05, 4.69) is 18.2 Å². The number of alkyl halides is 2. The van der Waals surface area contributed by atoms with Crippen LogP contribution in [0.1, 0.15) is 58.3 Å². The molecule has 3 nitrogen and oxygen atoms in total. The minimum absolute atomic E-state index is 0.249. The van der Waals surface area contributed by atoms with E-state index < -0.39 is 30.1 Å². The summed E-state index contributed by atoms with van der Waals surface area (Å²) < 4.78 is 72.1. The molecule has 174 valence electrons. The lowest BCUT2D eigenvalue weighted by atomic mass is 9.82. The van der Waals surface area contributed by atoms with Gasteiger partial charge in [-0.3, -0.25) is 0 Å². The van der Waals surface area contributed by atoms with E-state index in [1.807, 2.05) is 6.08 Å². The highest BCUT2D eigenvalue weighted by molar-refractivity contribution is 5.35. The van der Waals surface area contributed by atoms with Gasteiger partial charge in [0.1, 0.15) is 0 Å². The van der Waals surface area contributed by atoms with Gasteiger partial charge in [0.05, 0.1) is 12.7 Å². The van der Waals surface area contributed by atoms with Gasteiger partial charge in [-0.05, 0) is 81.3 Å². The van der Waals surface area contributed by atoms with E-state index in [9.17, 15) is 17.6 Å². The third-order valence-electron chi connectivity index (χ3n) is 6.42. The minimum atomic E-state index is -3.76. The lowest BCUT2D eigenvalue weighted by Gasteiger charge is -2.28. The van der Waals surface area contributed by atoms with Gasteiger partial charge in [0.25, 0.3) is 0 Å². The molecule has 0 aliphatic heterocycles. The van der Waals surface area contributed by atoms with Crippen molar-refractivity contribution in [3.05, 3.63) is 36.4 Å². The summed E-state index contributed by atoms with van der Waals surface area (Å²) in [5.74, 6) is -2.66. The van der Waals surface area contributed by atoms with Crippen molar-refractivity contribution >= 4 is 0 Å². The van der Waals surface area contributed by atoms with E-state index >= 15 is 0 Å². The van der Waals surface area contributed by atoms with Crippen molar-refractivity contribution in [3.8, 4) is 11.5 Å². The van der Waals surface area contributed by atoms with Crippen LogP contribution in [0.3, 0.4) is 0 Å². The lowest BCUT2D eigenvalue weighted by Crippen LogP contribution is -2.34. The van der Waals surface area contributed by atoms with Crippen LogP contribution < -0.4 is 9.47 Å². The van der Waals surface area contributed by atoms with Crippen LogP contribution in [-0.2, 0) is 4.74 Å². The Hall–Kier alpha value is -1.76. The van der Waals surface area contributed by atoms with Crippen LogP contribution in [0.15, 0.2) is 24.8 Å². The number of hydrogen-bond acceptors (Lipinski definition) is 3. The number of hydrogen-bond donors (Lipinski definition) is 0. The van der Waals surface area contributed by atoms with E-state index in [-0.39, 0.29) is 24.4 Å². The van der Waals surface area contributed by atoms with Gasteiger partial charge in [0.15, 0.2) is 18.1 Å². The van der Waals surface area contributed by atoms with Crippen molar-refractivity contribution in [1.29, 1.82) is 0 Å². The van der Waals surface area contributed by atoms with Gasteiger partial charge in [-0.1, -0.05) is 13.0 Å². The Morgan fingerprint density at radius 2 is 1.58 bits per heavy atom. The molecule has 0 bridgehead atoms. The van der Waals surface area contributed by atoms with Crippen LogP contribution in [0.5, 0.6) is 11.5 Å². The largest absolute Gasteiger partial charge is 0.490 e. The van der Waals surface area contributed by atoms with Crippen LogP contribution in [-0.4, -0.2) is 25.4 Å². The summed E-state index contributed by atoms with van der Waals surface area (Å²) in [6, 6.07) is 2.10. The Kier molecular flexibility index (Phi) is 8.25. The van der Waals surface area contributed by atoms with Gasteiger partial charge in [-0.25, -0.2) is 0 Å². The monoisotopic (exact) mass is 444 g/mol. The van der Waals surface area contributed by atoms with Crippen LogP contribution >= 0.6 is 0 Å². The van der Waals surface area contributed by atoms with Crippen molar-refractivity contribution in [2.24, 2.45) is 17.8 Å². The van der Waals surface area contributed by atoms with Gasteiger partial charge in [0.2, 0.25) is 11.6 Å². The molecule has 7 heteroatoms. The molecule has 2 aliphatic rings. The molecular weight excluding hydrogens is 412 g/mol. The topological polar surface area (TPSA) is 27.7 Å². The first kappa shape index (κ1) is 23.9. The maximum absolute atomic E-state index is 14.4. The predicted molar refractivity (Wildman–Crippen MR) is 110 cm³/mol. The van der Waals surface area contributed by atoms with Crippen LogP contribution in [0, 0.1) is 29.4 Å². The van der Waals surface area contributed by atoms with Crippen molar-refractivity contribution in [1.82, 2.24) is 0 Å². The van der Waals surface area contributed by atoms with E-state index in [1.165, 1.54) is 0 Å². The number of rotatable bonds is 9. The molecule has 0 radical (unpaired) electrons. The molecule has 2 fully saturated rings. The zero-order valence-electron chi connectivity index (χ0n) is 18.1. The van der Waals surface area contributed by atoms with Gasteiger partial charge in [-0.15, -0.1) is 6.58 Å². The van der Waals surface area contributed by atoms with E-state index in [0.29, 0.717) is 24.7 Å². The second kappa shape index (κ2) is 10.7. The van der Waals surface area contributed by atoms with Crippen LogP contribution in [0.25, 0.3) is 0 Å². The van der Waals surface area contributed by atoms with Gasteiger partial charge < -0.3 is 14.2 Å². The predicted octanol–water partition coefficient (Wildman–Crippen LogP) is 6.90. The van der Waals surface area contributed by atoms with Gasteiger partial charge in [0, 0.05) is 0 Å². The number of ether oxygens (including phenoxy) is 3. The first-order chi connectivity index (χ1) is 14.8.